The lowest BCUT2D eigenvalue weighted by Crippen LogP contribution is -2.40. The van der Waals surface area contributed by atoms with Gasteiger partial charge in [-0.05, 0) is 64.1 Å². The summed E-state index contributed by atoms with van der Waals surface area (Å²) >= 11 is 0. The van der Waals surface area contributed by atoms with E-state index in [9.17, 15) is 4.79 Å². The highest BCUT2D eigenvalue weighted by Crippen LogP contribution is 2.19. The number of carbonyl (C=O) groups excluding carboxylic acids is 1. The van der Waals surface area contributed by atoms with Gasteiger partial charge in [-0.2, -0.15) is 0 Å². The van der Waals surface area contributed by atoms with Gasteiger partial charge in [-0.25, -0.2) is 0 Å². The average Bonchev–Trinajstić information content (AvgIpc) is 2.47. The average molecular weight is 289 g/mol. The zero-order valence-corrected chi connectivity index (χ0v) is 13.4. The van der Waals surface area contributed by atoms with Gasteiger partial charge in [0.1, 0.15) is 0 Å². The van der Waals surface area contributed by atoms with Crippen LogP contribution in [0.4, 0.5) is 0 Å². The lowest BCUT2D eigenvalue weighted by Gasteiger charge is -2.32. The first kappa shape index (κ1) is 16.0. The number of piperidine rings is 1. The Morgan fingerprint density at radius 3 is 2.67 bits per heavy atom. The van der Waals surface area contributed by atoms with E-state index in [2.05, 4.69) is 16.3 Å². The summed E-state index contributed by atoms with van der Waals surface area (Å²) in [5.74, 6) is 0.887. The van der Waals surface area contributed by atoms with Crippen LogP contribution in [0.5, 0.6) is 0 Å². The van der Waals surface area contributed by atoms with Gasteiger partial charge in [0.15, 0.2) is 0 Å². The summed E-state index contributed by atoms with van der Waals surface area (Å²) in [6.07, 6.45) is 2.20. The third-order valence-electron chi connectivity index (χ3n) is 4.07. The molecule has 0 spiro atoms. The number of hydrogen-bond acceptors (Lipinski definition) is 3. The summed E-state index contributed by atoms with van der Waals surface area (Å²) in [7, 11) is 6.08. The van der Waals surface area contributed by atoms with E-state index in [1.807, 2.05) is 44.2 Å². The van der Waals surface area contributed by atoms with Crippen molar-refractivity contribution in [3.05, 3.63) is 35.4 Å². The van der Waals surface area contributed by atoms with Gasteiger partial charge < -0.3 is 15.1 Å². The van der Waals surface area contributed by atoms with Gasteiger partial charge in [-0.1, -0.05) is 12.1 Å². The molecule has 1 aliphatic heterocycles. The van der Waals surface area contributed by atoms with Crippen LogP contribution in [-0.2, 0) is 6.54 Å². The number of carbonyl (C=O) groups is 1. The molecule has 1 amide bonds. The molecule has 116 valence electrons. The van der Waals surface area contributed by atoms with Crippen LogP contribution in [0.25, 0.3) is 0 Å². The summed E-state index contributed by atoms with van der Waals surface area (Å²) in [6.45, 7) is 3.68. The normalized spacial score (nSPS) is 16.5. The van der Waals surface area contributed by atoms with Gasteiger partial charge in [0.2, 0.25) is 0 Å². The Morgan fingerprint density at radius 2 is 2.05 bits per heavy atom. The van der Waals surface area contributed by atoms with Crippen LogP contribution in [0.15, 0.2) is 24.3 Å². The second-order valence-electron chi connectivity index (χ2n) is 6.23. The van der Waals surface area contributed by atoms with E-state index in [-0.39, 0.29) is 5.91 Å². The van der Waals surface area contributed by atoms with Crippen LogP contribution in [-0.4, -0.2) is 56.5 Å². The highest BCUT2D eigenvalue weighted by Gasteiger charge is 2.23. The molecule has 0 saturated carbocycles. The van der Waals surface area contributed by atoms with Gasteiger partial charge in [0.25, 0.3) is 5.91 Å². The zero-order valence-electron chi connectivity index (χ0n) is 13.4. The third kappa shape index (κ3) is 4.55. The fourth-order valence-electron chi connectivity index (χ4n) is 2.98. The fourth-order valence-corrected chi connectivity index (χ4v) is 2.98. The van der Waals surface area contributed by atoms with Crippen LogP contribution in [0.2, 0.25) is 0 Å². The Labute approximate surface area is 128 Å². The number of nitrogens with one attached hydrogen (secondary N) is 1. The SMILES string of the molecule is CNCC1CCN(C(=O)c2cccc(CN(C)C)c2)CC1. The lowest BCUT2D eigenvalue weighted by atomic mass is 9.96. The molecule has 1 N–H and O–H groups in total. The van der Waals surface area contributed by atoms with Gasteiger partial charge in [0.05, 0.1) is 0 Å². The van der Waals surface area contributed by atoms with E-state index in [4.69, 9.17) is 0 Å². The molecule has 1 heterocycles. The number of hydrogen-bond donors (Lipinski definition) is 1. The fraction of sp³-hybridized carbons (Fsp3) is 0.588. The minimum Gasteiger partial charge on any atom is -0.339 e. The molecule has 1 aromatic rings. The van der Waals surface area contributed by atoms with E-state index in [0.29, 0.717) is 5.92 Å². The number of nitrogens with zero attached hydrogens (tertiary/aromatic N) is 2. The first-order chi connectivity index (χ1) is 10.1. The molecule has 0 aliphatic carbocycles. The Balaban J connectivity index is 1.97. The molecule has 21 heavy (non-hydrogen) atoms. The first-order valence-electron chi connectivity index (χ1n) is 7.77. The minimum atomic E-state index is 0.179. The summed E-state index contributed by atoms with van der Waals surface area (Å²) in [5.41, 5.74) is 2.01. The molecule has 4 nitrogen and oxygen atoms in total. The van der Waals surface area contributed by atoms with Crippen molar-refractivity contribution in [3.8, 4) is 0 Å². The predicted octanol–water partition coefficient (Wildman–Crippen LogP) is 1.82. The topological polar surface area (TPSA) is 35.6 Å². The van der Waals surface area contributed by atoms with Crippen LogP contribution in [0, 0.1) is 5.92 Å². The predicted molar refractivity (Wildman–Crippen MR) is 86.4 cm³/mol. The number of likely N-dealkylation sites (tertiary alicyclic amines) is 1. The monoisotopic (exact) mass is 289 g/mol. The summed E-state index contributed by atoms with van der Waals surface area (Å²) in [4.78, 5) is 16.7. The quantitative estimate of drug-likeness (QED) is 0.898. The Bertz CT molecular complexity index is 465. The van der Waals surface area contributed by atoms with Crippen molar-refractivity contribution in [3.63, 3.8) is 0 Å². The molecule has 1 saturated heterocycles. The highest BCUT2D eigenvalue weighted by atomic mass is 16.2. The van der Waals surface area contributed by atoms with Crippen LogP contribution >= 0.6 is 0 Å². The molecule has 0 radical (unpaired) electrons. The van der Waals surface area contributed by atoms with Crippen molar-refractivity contribution in [1.82, 2.24) is 15.1 Å². The van der Waals surface area contributed by atoms with Gasteiger partial charge in [-0.3, -0.25) is 4.79 Å². The first-order valence-corrected chi connectivity index (χ1v) is 7.77. The lowest BCUT2D eigenvalue weighted by molar-refractivity contribution is 0.0690. The van der Waals surface area contributed by atoms with Crippen molar-refractivity contribution in [2.75, 3.05) is 40.8 Å². The van der Waals surface area contributed by atoms with E-state index in [1.54, 1.807) is 0 Å². The van der Waals surface area contributed by atoms with Crippen LogP contribution in [0.1, 0.15) is 28.8 Å². The Morgan fingerprint density at radius 1 is 1.33 bits per heavy atom. The second kappa shape index (κ2) is 7.57. The molecule has 0 aromatic heterocycles. The summed E-state index contributed by atoms with van der Waals surface area (Å²) in [6, 6.07) is 8.03. The number of benzene rings is 1. The molecule has 0 unspecified atom stereocenters. The molecule has 0 atom stereocenters. The minimum absolute atomic E-state index is 0.179. The molecule has 1 fully saturated rings. The van der Waals surface area contributed by atoms with Gasteiger partial charge in [-0.15, -0.1) is 0 Å². The Kier molecular flexibility index (Phi) is 5.76. The number of amides is 1. The third-order valence-corrected chi connectivity index (χ3v) is 4.07. The molecule has 1 aliphatic rings. The van der Waals surface area contributed by atoms with E-state index >= 15 is 0 Å². The maximum atomic E-state index is 12.6. The second-order valence-corrected chi connectivity index (χ2v) is 6.23. The maximum Gasteiger partial charge on any atom is 0.253 e. The summed E-state index contributed by atoms with van der Waals surface area (Å²) in [5, 5.41) is 3.23. The van der Waals surface area contributed by atoms with E-state index < -0.39 is 0 Å². The van der Waals surface area contributed by atoms with Crippen molar-refractivity contribution >= 4 is 5.91 Å². The smallest absolute Gasteiger partial charge is 0.253 e. The zero-order chi connectivity index (χ0) is 15.2. The largest absolute Gasteiger partial charge is 0.339 e. The van der Waals surface area contributed by atoms with E-state index in [1.165, 1.54) is 5.56 Å². The summed E-state index contributed by atoms with van der Waals surface area (Å²) < 4.78 is 0. The molecular formula is C17H27N3O. The van der Waals surface area contributed by atoms with Crippen LogP contribution < -0.4 is 5.32 Å². The highest BCUT2D eigenvalue weighted by molar-refractivity contribution is 5.94. The van der Waals surface area contributed by atoms with Crippen LogP contribution in [0.3, 0.4) is 0 Å². The molecular weight excluding hydrogens is 262 g/mol. The number of rotatable bonds is 5. The molecule has 4 heteroatoms. The van der Waals surface area contributed by atoms with Crippen molar-refractivity contribution in [2.24, 2.45) is 5.92 Å². The molecule has 0 bridgehead atoms. The van der Waals surface area contributed by atoms with E-state index in [0.717, 1.165) is 44.6 Å². The van der Waals surface area contributed by atoms with Crippen molar-refractivity contribution < 1.29 is 4.79 Å². The maximum absolute atomic E-state index is 12.6. The van der Waals surface area contributed by atoms with Crippen molar-refractivity contribution in [2.45, 2.75) is 19.4 Å². The Hall–Kier alpha value is -1.39. The molecule has 1 aromatic carbocycles. The van der Waals surface area contributed by atoms with Gasteiger partial charge >= 0.3 is 0 Å². The van der Waals surface area contributed by atoms with Crippen molar-refractivity contribution in [1.29, 1.82) is 0 Å². The molecule has 2 rings (SSSR count). The standard InChI is InChI=1S/C17H27N3O/c1-18-12-14-7-9-20(10-8-14)17(21)16-6-4-5-15(11-16)13-19(2)3/h4-6,11,14,18H,7-10,12-13H2,1-3H3. The van der Waals surface area contributed by atoms with Gasteiger partial charge in [0, 0.05) is 25.2 Å².